The second-order valence-corrected chi connectivity index (χ2v) is 5.78. The molecule has 0 aliphatic rings. The molecule has 0 aliphatic heterocycles. The van der Waals surface area contributed by atoms with E-state index in [2.05, 4.69) is 28.0 Å². The lowest BCUT2D eigenvalue weighted by Gasteiger charge is -2.13. The Morgan fingerprint density at radius 3 is 2.79 bits per heavy atom. The van der Waals surface area contributed by atoms with E-state index in [1.165, 1.54) is 0 Å². The highest BCUT2D eigenvalue weighted by atomic mass is 79.9. The second-order valence-electron chi connectivity index (χ2n) is 4.49. The molecule has 1 heterocycles. The molecule has 0 saturated carbocycles. The Morgan fingerprint density at radius 1 is 1.42 bits per heavy atom. The van der Waals surface area contributed by atoms with Crippen LogP contribution in [-0.2, 0) is 19.9 Å². The van der Waals surface area contributed by atoms with Gasteiger partial charge in [0, 0.05) is 28.7 Å². The molecule has 3 nitrogen and oxygen atoms in total. The average molecular weight is 344 g/mol. The van der Waals surface area contributed by atoms with Gasteiger partial charge in [-0.05, 0) is 36.2 Å². The van der Waals surface area contributed by atoms with Crippen molar-refractivity contribution in [3.8, 4) is 0 Å². The second kappa shape index (κ2) is 6.07. The molecule has 0 aliphatic carbocycles. The molecule has 0 bridgehead atoms. The Labute approximate surface area is 126 Å². The maximum Gasteiger partial charge on any atom is 0.0856 e. The SMILES string of the molecule is CCc1cc(CC(O)c2cc(Cl)ccc2Br)n(C)n1. The number of aromatic nitrogens is 2. The summed E-state index contributed by atoms with van der Waals surface area (Å²) in [6.45, 7) is 2.07. The van der Waals surface area contributed by atoms with Crippen molar-refractivity contribution in [2.75, 3.05) is 0 Å². The minimum absolute atomic E-state index is 0.516. The summed E-state index contributed by atoms with van der Waals surface area (Å²) in [6, 6.07) is 7.46. The lowest BCUT2D eigenvalue weighted by atomic mass is 10.0. The fourth-order valence-corrected chi connectivity index (χ4v) is 2.70. The largest absolute Gasteiger partial charge is 0.388 e. The standard InChI is InChI=1S/C14H16BrClN2O/c1-3-10-7-11(18(2)17-10)8-14(19)12-6-9(16)4-5-13(12)15/h4-7,14,19H,3,8H2,1-2H3. The molecule has 5 heteroatoms. The molecular formula is C14H16BrClN2O. The van der Waals surface area contributed by atoms with Crippen LogP contribution in [0.25, 0.3) is 0 Å². The summed E-state index contributed by atoms with van der Waals surface area (Å²) in [5.74, 6) is 0. The number of rotatable bonds is 4. The van der Waals surface area contributed by atoms with E-state index in [4.69, 9.17) is 11.6 Å². The maximum atomic E-state index is 10.4. The van der Waals surface area contributed by atoms with E-state index in [-0.39, 0.29) is 0 Å². The lowest BCUT2D eigenvalue weighted by molar-refractivity contribution is 0.175. The van der Waals surface area contributed by atoms with Gasteiger partial charge in [-0.3, -0.25) is 4.68 Å². The molecule has 0 spiro atoms. The minimum atomic E-state index is -0.604. The number of aryl methyl sites for hydroxylation is 2. The Morgan fingerprint density at radius 2 is 2.16 bits per heavy atom. The van der Waals surface area contributed by atoms with Gasteiger partial charge in [0.1, 0.15) is 0 Å². The van der Waals surface area contributed by atoms with Crippen LogP contribution in [0.5, 0.6) is 0 Å². The first-order valence-electron chi connectivity index (χ1n) is 6.16. The van der Waals surface area contributed by atoms with E-state index >= 15 is 0 Å². The molecular weight excluding hydrogens is 328 g/mol. The van der Waals surface area contributed by atoms with Crippen LogP contribution in [0.2, 0.25) is 5.02 Å². The Kier molecular flexibility index (Phi) is 4.66. The van der Waals surface area contributed by atoms with Crippen molar-refractivity contribution in [3.05, 3.63) is 50.7 Å². The normalized spacial score (nSPS) is 12.7. The highest BCUT2D eigenvalue weighted by molar-refractivity contribution is 9.10. The van der Waals surface area contributed by atoms with Crippen LogP contribution in [-0.4, -0.2) is 14.9 Å². The van der Waals surface area contributed by atoms with Crippen LogP contribution >= 0.6 is 27.5 Å². The van der Waals surface area contributed by atoms with E-state index in [9.17, 15) is 5.11 Å². The average Bonchev–Trinajstić information content (AvgIpc) is 2.73. The smallest absolute Gasteiger partial charge is 0.0856 e. The van der Waals surface area contributed by atoms with Crippen LogP contribution < -0.4 is 0 Å². The third-order valence-electron chi connectivity index (χ3n) is 3.11. The van der Waals surface area contributed by atoms with Crippen molar-refractivity contribution in [2.24, 2.45) is 7.05 Å². The van der Waals surface area contributed by atoms with Gasteiger partial charge in [0.05, 0.1) is 11.8 Å². The highest BCUT2D eigenvalue weighted by Crippen LogP contribution is 2.28. The summed E-state index contributed by atoms with van der Waals surface area (Å²) < 4.78 is 2.68. The summed E-state index contributed by atoms with van der Waals surface area (Å²) in [5.41, 5.74) is 2.85. The van der Waals surface area contributed by atoms with Crippen LogP contribution in [0.15, 0.2) is 28.7 Å². The quantitative estimate of drug-likeness (QED) is 0.919. The first kappa shape index (κ1) is 14.6. The van der Waals surface area contributed by atoms with Crippen molar-refractivity contribution in [2.45, 2.75) is 25.9 Å². The van der Waals surface area contributed by atoms with Gasteiger partial charge in [-0.1, -0.05) is 34.5 Å². The summed E-state index contributed by atoms with van der Waals surface area (Å²) >= 11 is 9.41. The van der Waals surface area contributed by atoms with Gasteiger partial charge in [-0.25, -0.2) is 0 Å². The van der Waals surface area contributed by atoms with E-state index < -0.39 is 6.10 Å². The van der Waals surface area contributed by atoms with Crippen LogP contribution in [0.3, 0.4) is 0 Å². The fraction of sp³-hybridized carbons (Fsp3) is 0.357. The van der Waals surface area contributed by atoms with Crippen molar-refractivity contribution >= 4 is 27.5 Å². The van der Waals surface area contributed by atoms with Gasteiger partial charge in [0.25, 0.3) is 0 Å². The molecule has 0 radical (unpaired) electrons. The number of benzene rings is 1. The molecule has 19 heavy (non-hydrogen) atoms. The van der Waals surface area contributed by atoms with E-state index in [1.807, 2.05) is 23.9 Å². The fourth-order valence-electron chi connectivity index (χ4n) is 2.01. The van der Waals surface area contributed by atoms with Crippen molar-refractivity contribution < 1.29 is 5.11 Å². The molecule has 0 saturated heterocycles. The van der Waals surface area contributed by atoms with Gasteiger partial charge >= 0.3 is 0 Å². The van der Waals surface area contributed by atoms with Gasteiger partial charge in [0.2, 0.25) is 0 Å². The molecule has 0 amide bonds. The molecule has 1 aromatic carbocycles. The first-order valence-corrected chi connectivity index (χ1v) is 7.33. The molecule has 2 aromatic rings. The minimum Gasteiger partial charge on any atom is -0.388 e. The summed E-state index contributed by atoms with van der Waals surface area (Å²) in [5, 5.41) is 15.4. The first-order chi connectivity index (χ1) is 9.01. The molecule has 1 N–H and O–H groups in total. The van der Waals surface area contributed by atoms with Crippen molar-refractivity contribution in [3.63, 3.8) is 0 Å². The topological polar surface area (TPSA) is 38.0 Å². The van der Waals surface area contributed by atoms with E-state index in [0.717, 1.165) is 27.8 Å². The number of halogens is 2. The Bertz CT molecular complexity index is 583. The third-order valence-corrected chi connectivity index (χ3v) is 4.07. The molecule has 1 atom stereocenters. The molecule has 102 valence electrons. The number of aliphatic hydroxyl groups is 1. The predicted molar refractivity (Wildman–Crippen MR) is 80.4 cm³/mol. The molecule has 0 fully saturated rings. The zero-order chi connectivity index (χ0) is 14.0. The molecule has 2 rings (SSSR count). The number of hydrogen-bond acceptors (Lipinski definition) is 2. The van der Waals surface area contributed by atoms with Crippen molar-refractivity contribution in [1.29, 1.82) is 0 Å². The lowest BCUT2D eigenvalue weighted by Crippen LogP contribution is -2.07. The Hall–Kier alpha value is -0.840. The van der Waals surface area contributed by atoms with Gasteiger partial charge < -0.3 is 5.11 Å². The number of aliphatic hydroxyl groups excluding tert-OH is 1. The molecule has 1 unspecified atom stereocenters. The molecule has 1 aromatic heterocycles. The number of hydrogen-bond donors (Lipinski definition) is 1. The number of nitrogens with zero attached hydrogens (tertiary/aromatic N) is 2. The van der Waals surface area contributed by atoms with Crippen LogP contribution in [0.1, 0.15) is 30.0 Å². The predicted octanol–water partition coefficient (Wildman–Crippen LogP) is 3.67. The summed E-state index contributed by atoms with van der Waals surface area (Å²) in [4.78, 5) is 0. The van der Waals surface area contributed by atoms with Gasteiger partial charge in [-0.15, -0.1) is 0 Å². The third kappa shape index (κ3) is 3.38. The van der Waals surface area contributed by atoms with Gasteiger partial charge in [-0.2, -0.15) is 5.10 Å². The van der Waals surface area contributed by atoms with Crippen LogP contribution in [0, 0.1) is 0 Å². The monoisotopic (exact) mass is 342 g/mol. The zero-order valence-corrected chi connectivity index (χ0v) is 13.2. The van der Waals surface area contributed by atoms with E-state index in [0.29, 0.717) is 11.4 Å². The maximum absolute atomic E-state index is 10.4. The van der Waals surface area contributed by atoms with Crippen LogP contribution in [0.4, 0.5) is 0 Å². The summed E-state index contributed by atoms with van der Waals surface area (Å²) in [6.07, 6.45) is 0.806. The summed E-state index contributed by atoms with van der Waals surface area (Å²) in [7, 11) is 1.90. The van der Waals surface area contributed by atoms with Crippen molar-refractivity contribution in [1.82, 2.24) is 9.78 Å². The zero-order valence-electron chi connectivity index (χ0n) is 10.9. The van der Waals surface area contributed by atoms with Gasteiger partial charge in [0.15, 0.2) is 0 Å². The highest BCUT2D eigenvalue weighted by Gasteiger charge is 2.15. The Balaban J connectivity index is 2.22. The van der Waals surface area contributed by atoms with E-state index in [1.54, 1.807) is 12.1 Å².